The molecule has 0 saturated heterocycles. The number of carbonyl (C=O) groups excluding carboxylic acids is 1. The van der Waals surface area contributed by atoms with E-state index in [0.717, 1.165) is 16.9 Å². The molecule has 0 bridgehead atoms. The summed E-state index contributed by atoms with van der Waals surface area (Å²) in [5.41, 5.74) is 3.99. The van der Waals surface area contributed by atoms with Crippen LogP contribution in [0, 0.1) is 6.92 Å². The number of pyridine rings is 1. The van der Waals surface area contributed by atoms with Crippen molar-refractivity contribution in [2.75, 3.05) is 17.3 Å². The minimum Gasteiger partial charge on any atom is -0.495 e. The standard InChI is InChI=1S/C21H18ClN3O2/c1-13-5-8-15(9-6-13)25-20(19-16(21(25)26)4-3-11-23-19)24-14-7-10-18(27-2)17(22)12-14/h3-12,20,24H,1-2H3/t20-/m0/s1. The number of nitrogens with zero attached hydrogens (tertiary/aromatic N) is 2. The van der Waals surface area contributed by atoms with Crippen LogP contribution in [0.5, 0.6) is 5.75 Å². The van der Waals surface area contributed by atoms with Crippen molar-refractivity contribution in [1.82, 2.24) is 4.98 Å². The summed E-state index contributed by atoms with van der Waals surface area (Å²) < 4.78 is 5.21. The van der Waals surface area contributed by atoms with Crippen molar-refractivity contribution in [3.8, 4) is 5.75 Å². The van der Waals surface area contributed by atoms with Gasteiger partial charge in [0.25, 0.3) is 5.91 Å². The molecule has 0 spiro atoms. The summed E-state index contributed by atoms with van der Waals surface area (Å²) in [7, 11) is 1.57. The Bertz CT molecular complexity index is 1000. The predicted octanol–water partition coefficient (Wildman–Crippen LogP) is 4.82. The predicted molar refractivity (Wildman–Crippen MR) is 107 cm³/mol. The van der Waals surface area contributed by atoms with Crippen LogP contribution in [0.3, 0.4) is 0 Å². The lowest BCUT2D eigenvalue weighted by Gasteiger charge is -2.27. The molecule has 1 amide bonds. The molecule has 0 aliphatic carbocycles. The molecule has 1 aromatic heterocycles. The average molecular weight is 380 g/mol. The molecule has 136 valence electrons. The van der Waals surface area contributed by atoms with E-state index in [1.54, 1.807) is 42.5 Å². The summed E-state index contributed by atoms with van der Waals surface area (Å²) in [6.07, 6.45) is 1.27. The van der Waals surface area contributed by atoms with Crippen LogP contribution < -0.4 is 15.0 Å². The highest BCUT2D eigenvalue weighted by Gasteiger charge is 2.39. The largest absolute Gasteiger partial charge is 0.495 e. The molecule has 0 saturated carbocycles. The lowest BCUT2D eigenvalue weighted by molar-refractivity contribution is 0.0993. The molecule has 4 rings (SSSR count). The van der Waals surface area contributed by atoms with E-state index in [9.17, 15) is 4.79 Å². The fourth-order valence-corrected chi connectivity index (χ4v) is 3.46. The number of benzene rings is 2. The molecule has 5 nitrogen and oxygen atoms in total. The molecule has 1 atom stereocenters. The molecule has 1 N–H and O–H groups in total. The van der Waals surface area contributed by atoms with Crippen LogP contribution >= 0.6 is 11.6 Å². The highest BCUT2D eigenvalue weighted by molar-refractivity contribution is 6.32. The van der Waals surface area contributed by atoms with Crippen LogP contribution in [-0.2, 0) is 0 Å². The first kappa shape index (κ1) is 17.4. The van der Waals surface area contributed by atoms with Gasteiger partial charge in [-0.25, -0.2) is 0 Å². The second-order valence-corrected chi connectivity index (χ2v) is 6.75. The van der Waals surface area contributed by atoms with Gasteiger partial charge in [0.1, 0.15) is 5.75 Å². The first-order chi connectivity index (χ1) is 13.1. The number of ether oxygens (including phenoxy) is 1. The fraction of sp³-hybridized carbons (Fsp3) is 0.143. The molecule has 1 aliphatic rings. The first-order valence-electron chi connectivity index (χ1n) is 8.53. The third kappa shape index (κ3) is 3.11. The van der Waals surface area contributed by atoms with Crippen LogP contribution in [0.25, 0.3) is 0 Å². The molecule has 3 aromatic rings. The zero-order chi connectivity index (χ0) is 19.0. The van der Waals surface area contributed by atoms with Crippen molar-refractivity contribution < 1.29 is 9.53 Å². The third-order valence-electron chi connectivity index (χ3n) is 4.57. The van der Waals surface area contributed by atoms with Crippen molar-refractivity contribution in [3.05, 3.63) is 82.6 Å². The molecule has 0 unspecified atom stereocenters. The van der Waals surface area contributed by atoms with E-state index >= 15 is 0 Å². The normalized spacial score (nSPS) is 15.6. The Morgan fingerprint density at radius 2 is 1.93 bits per heavy atom. The second kappa shape index (κ2) is 6.93. The lowest BCUT2D eigenvalue weighted by atomic mass is 10.2. The Kier molecular flexibility index (Phi) is 4.46. The van der Waals surface area contributed by atoms with Crippen LogP contribution in [0.2, 0.25) is 5.02 Å². The van der Waals surface area contributed by atoms with Gasteiger partial charge in [-0.3, -0.25) is 14.7 Å². The zero-order valence-electron chi connectivity index (χ0n) is 14.9. The van der Waals surface area contributed by atoms with Crippen molar-refractivity contribution >= 4 is 28.9 Å². The molecule has 2 heterocycles. The van der Waals surface area contributed by atoms with E-state index in [-0.39, 0.29) is 5.91 Å². The topological polar surface area (TPSA) is 54.5 Å². The molecule has 27 heavy (non-hydrogen) atoms. The Labute approximate surface area is 162 Å². The number of rotatable bonds is 4. The van der Waals surface area contributed by atoms with E-state index in [4.69, 9.17) is 16.3 Å². The molecular weight excluding hydrogens is 362 g/mol. The Hall–Kier alpha value is -3.05. The maximum Gasteiger partial charge on any atom is 0.262 e. The van der Waals surface area contributed by atoms with Gasteiger partial charge in [-0.15, -0.1) is 0 Å². The first-order valence-corrected chi connectivity index (χ1v) is 8.91. The number of aryl methyl sites for hydroxylation is 1. The number of halogens is 1. The Balaban J connectivity index is 1.75. The molecule has 6 heteroatoms. The number of anilines is 2. The zero-order valence-corrected chi connectivity index (χ0v) is 15.7. The summed E-state index contributed by atoms with van der Waals surface area (Å²) in [5.74, 6) is 0.512. The highest BCUT2D eigenvalue weighted by atomic mass is 35.5. The molecular formula is C21H18ClN3O2. The van der Waals surface area contributed by atoms with Crippen molar-refractivity contribution in [1.29, 1.82) is 0 Å². The van der Waals surface area contributed by atoms with Crippen LogP contribution in [0.4, 0.5) is 11.4 Å². The van der Waals surface area contributed by atoms with Gasteiger partial charge in [0.05, 0.1) is 23.4 Å². The quantitative estimate of drug-likeness (QED) is 0.705. The fourth-order valence-electron chi connectivity index (χ4n) is 3.20. The Morgan fingerprint density at radius 3 is 2.63 bits per heavy atom. The number of carbonyl (C=O) groups is 1. The molecule has 0 fully saturated rings. The van der Waals surface area contributed by atoms with E-state index < -0.39 is 6.17 Å². The minimum absolute atomic E-state index is 0.0842. The summed E-state index contributed by atoms with van der Waals surface area (Å²) >= 11 is 6.25. The molecule has 2 aromatic carbocycles. The number of fused-ring (bicyclic) bond motifs is 1. The second-order valence-electron chi connectivity index (χ2n) is 6.34. The summed E-state index contributed by atoms with van der Waals surface area (Å²) in [4.78, 5) is 19.2. The molecule has 1 aliphatic heterocycles. The number of hydrogen-bond donors (Lipinski definition) is 1. The van der Waals surface area contributed by atoms with Gasteiger partial charge in [0.15, 0.2) is 6.17 Å². The number of methoxy groups -OCH3 is 1. The highest BCUT2D eigenvalue weighted by Crippen LogP contribution is 2.38. The molecule has 0 radical (unpaired) electrons. The number of amides is 1. The Morgan fingerprint density at radius 1 is 1.15 bits per heavy atom. The van der Waals surface area contributed by atoms with Gasteiger partial charge in [-0.2, -0.15) is 0 Å². The minimum atomic E-state index is -0.430. The maximum absolute atomic E-state index is 13.0. The van der Waals surface area contributed by atoms with E-state index in [0.29, 0.717) is 22.0 Å². The van der Waals surface area contributed by atoms with Gasteiger partial charge in [0.2, 0.25) is 0 Å². The van der Waals surface area contributed by atoms with Crippen molar-refractivity contribution in [2.45, 2.75) is 13.1 Å². The van der Waals surface area contributed by atoms with Crippen molar-refractivity contribution in [2.24, 2.45) is 0 Å². The van der Waals surface area contributed by atoms with Gasteiger partial charge in [0, 0.05) is 17.6 Å². The van der Waals surface area contributed by atoms with Gasteiger partial charge >= 0.3 is 0 Å². The monoisotopic (exact) mass is 379 g/mol. The SMILES string of the molecule is COc1ccc(N[C@@H]2c3ncccc3C(=O)N2c2ccc(C)cc2)cc1Cl. The summed E-state index contributed by atoms with van der Waals surface area (Å²) in [6.45, 7) is 2.01. The average Bonchev–Trinajstić information content (AvgIpc) is 2.95. The summed E-state index contributed by atoms with van der Waals surface area (Å²) in [5, 5.41) is 3.88. The van der Waals surface area contributed by atoms with Crippen LogP contribution in [0.15, 0.2) is 60.8 Å². The number of nitrogens with one attached hydrogen (secondary N) is 1. The van der Waals surface area contributed by atoms with E-state index in [1.165, 1.54) is 0 Å². The van der Waals surface area contributed by atoms with Gasteiger partial charge in [-0.1, -0.05) is 29.3 Å². The lowest BCUT2D eigenvalue weighted by Crippen LogP contribution is -2.32. The van der Waals surface area contributed by atoms with Crippen LogP contribution in [-0.4, -0.2) is 18.0 Å². The number of hydrogen-bond acceptors (Lipinski definition) is 4. The summed E-state index contributed by atoms with van der Waals surface area (Å²) in [6, 6.07) is 16.9. The van der Waals surface area contributed by atoms with E-state index in [2.05, 4.69) is 10.3 Å². The smallest absolute Gasteiger partial charge is 0.262 e. The van der Waals surface area contributed by atoms with Crippen LogP contribution in [0.1, 0.15) is 27.8 Å². The van der Waals surface area contributed by atoms with Gasteiger partial charge < -0.3 is 10.1 Å². The maximum atomic E-state index is 13.0. The van der Waals surface area contributed by atoms with Gasteiger partial charge in [-0.05, 0) is 49.4 Å². The third-order valence-corrected chi connectivity index (χ3v) is 4.87. The van der Waals surface area contributed by atoms with E-state index in [1.807, 2.05) is 37.3 Å². The van der Waals surface area contributed by atoms with Crippen molar-refractivity contribution in [3.63, 3.8) is 0 Å². The number of aromatic nitrogens is 1.